The number of para-hydroxylation sites is 1. The average Bonchev–Trinajstić information content (AvgIpc) is 3.39. The Balaban J connectivity index is 1.60. The topological polar surface area (TPSA) is 83.6 Å². The maximum Gasteiger partial charge on any atom is 0.234 e. The molecule has 0 radical (unpaired) electrons. The molecule has 1 heterocycles. The monoisotopic (exact) mass is 373 g/mol. The Morgan fingerprint density at radius 2 is 2.16 bits per heavy atom. The van der Waals surface area contributed by atoms with Crippen LogP contribution in [-0.4, -0.2) is 32.2 Å². The van der Waals surface area contributed by atoms with Crippen LogP contribution in [0.15, 0.2) is 34.3 Å². The summed E-state index contributed by atoms with van der Waals surface area (Å²) in [7, 11) is 0. The first kappa shape index (κ1) is 17.8. The molecule has 1 aliphatic rings. The van der Waals surface area contributed by atoms with Gasteiger partial charge in [-0.3, -0.25) is 4.79 Å². The van der Waals surface area contributed by atoms with Crippen LogP contribution < -0.4 is 5.32 Å². The highest BCUT2D eigenvalue weighted by Gasteiger charge is 2.30. The molecule has 0 unspecified atom stereocenters. The number of benzene rings is 1. The predicted molar refractivity (Wildman–Crippen MR) is 99.8 cm³/mol. The van der Waals surface area contributed by atoms with Gasteiger partial charge in [0, 0.05) is 17.4 Å². The summed E-state index contributed by atoms with van der Waals surface area (Å²) in [6.45, 7) is 2.89. The summed E-state index contributed by atoms with van der Waals surface area (Å²) in [5.41, 5.74) is 0.740. The van der Waals surface area contributed by atoms with Crippen LogP contribution in [-0.2, 0) is 11.3 Å². The van der Waals surface area contributed by atoms with E-state index in [-0.39, 0.29) is 11.7 Å². The van der Waals surface area contributed by atoms with Crippen LogP contribution in [0, 0.1) is 11.3 Å². The molecule has 1 N–H and O–H groups in total. The van der Waals surface area contributed by atoms with Gasteiger partial charge in [-0.05, 0) is 31.9 Å². The Labute approximate surface area is 155 Å². The summed E-state index contributed by atoms with van der Waals surface area (Å²) >= 11 is 2.82. The van der Waals surface area contributed by atoms with E-state index in [0.29, 0.717) is 11.7 Å². The average molecular weight is 374 g/mol. The van der Waals surface area contributed by atoms with Gasteiger partial charge in [0.15, 0.2) is 5.16 Å². The molecular formula is C17H19N5OS2. The van der Waals surface area contributed by atoms with Gasteiger partial charge in [0.05, 0.1) is 23.3 Å². The van der Waals surface area contributed by atoms with Gasteiger partial charge in [0.25, 0.3) is 0 Å². The molecule has 3 rings (SSSR count). The molecule has 0 spiro atoms. The maximum absolute atomic E-state index is 12.3. The predicted octanol–water partition coefficient (Wildman–Crippen LogP) is 3.52. The van der Waals surface area contributed by atoms with Crippen LogP contribution in [0.25, 0.3) is 0 Å². The smallest absolute Gasteiger partial charge is 0.234 e. The molecule has 1 amide bonds. The Morgan fingerprint density at radius 1 is 1.36 bits per heavy atom. The lowest BCUT2D eigenvalue weighted by Crippen LogP contribution is -2.15. The number of nitriles is 1. The molecule has 1 aromatic heterocycles. The van der Waals surface area contributed by atoms with Crippen molar-refractivity contribution in [2.45, 2.75) is 42.3 Å². The molecule has 1 aromatic carbocycles. The number of nitrogens with zero attached hydrogens (tertiary/aromatic N) is 4. The molecule has 0 atom stereocenters. The highest BCUT2D eigenvalue weighted by Crippen LogP contribution is 2.40. The number of anilines is 1. The lowest BCUT2D eigenvalue weighted by Gasteiger charge is -2.10. The van der Waals surface area contributed by atoms with E-state index < -0.39 is 0 Å². The van der Waals surface area contributed by atoms with Crippen LogP contribution in [0.1, 0.15) is 31.5 Å². The fourth-order valence-corrected chi connectivity index (χ4v) is 3.95. The molecule has 1 saturated carbocycles. The second-order valence-electron chi connectivity index (χ2n) is 5.64. The summed E-state index contributed by atoms with van der Waals surface area (Å²) < 4.78 is 2.10. The molecule has 1 aliphatic carbocycles. The van der Waals surface area contributed by atoms with Crippen LogP contribution in [0.2, 0.25) is 0 Å². The van der Waals surface area contributed by atoms with Crippen molar-refractivity contribution < 1.29 is 4.79 Å². The van der Waals surface area contributed by atoms with Gasteiger partial charge >= 0.3 is 0 Å². The summed E-state index contributed by atoms with van der Waals surface area (Å²) in [6.07, 6.45) is 2.36. The Hall–Kier alpha value is -1.98. The van der Waals surface area contributed by atoms with Crippen molar-refractivity contribution in [2.24, 2.45) is 0 Å². The lowest BCUT2D eigenvalue weighted by atomic mass is 10.3. The lowest BCUT2D eigenvalue weighted by molar-refractivity contribution is -0.113. The zero-order valence-corrected chi connectivity index (χ0v) is 15.6. The minimum absolute atomic E-state index is 0.0892. The number of hydrogen-bond acceptors (Lipinski definition) is 6. The maximum atomic E-state index is 12.3. The van der Waals surface area contributed by atoms with Crippen LogP contribution in [0.5, 0.6) is 0 Å². The van der Waals surface area contributed by atoms with E-state index in [9.17, 15) is 4.79 Å². The van der Waals surface area contributed by atoms with Crippen molar-refractivity contribution >= 4 is 35.1 Å². The van der Waals surface area contributed by atoms with Crippen molar-refractivity contribution in [3.05, 3.63) is 30.1 Å². The molecule has 8 heteroatoms. The van der Waals surface area contributed by atoms with E-state index in [1.807, 2.05) is 24.3 Å². The standard InChI is InChI=1S/C17H19N5OS2/c1-2-22-16(12-7-8-12)20-21-17(22)25-11-15(23)19-13-5-3-4-6-14(13)24-10-9-18/h3-6,12H,2,7-8,10-11H2,1H3,(H,19,23). The summed E-state index contributed by atoms with van der Waals surface area (Å²) in [4.78, 5) is 13.2. The van der Waals surface area contributed by atoms with Crippen molar-refractivity contribution in [1.82, 2.24) is 14.8 Å². The molecule has 0 aliphatic heterocycles. The number of carbonyl (C=O) groups is 1. The highest BCUT2D eigenvalue weighted by atomic mass is 32.2. The summed E-state index contributed by atoms with van der Waals surface area (Å²) in [6, 6.07) is 9.62. The number of nitrogens with one attached hydrogen (secondary N) is 1. The van der Waals surface area contributed by atoms with Crippen molar-refractivity contribution in [3.63, 3.8) is 0 Å². The Kier molecular flexibility index (Phi) is 6.00. The third-order valence-corrected chi connectivity index (χ3v) is 5.70. The minimum Gasteiger partial charge on any atom is -0.324 e. The third kappa shape index (κ3) is 4.55. The van der Waals surface area contributed by atoms with Crippen LogP contribution >= 0.6 is 23.5 Å². The molecule has 2 aromatic rings. The van der Waals surface area contributed by atoms with Gasteiger partial charge in [-0.2, -0.15) is 5.26 Å². The fraction of sp³-hybridized carbons (Fsp3) is 0.412. The van der Waals surface area contributed by atoms with Gasteiger partial charge in [-0.25, -0.2) is 0 Å². The largest absolute Gasteiger partial charge is 0.324 e. The number of rotatable bonds is 8. The highest BCUT2D eigenvalue weighted by molar-refractivity contribution is 8.00. The van der Waals surface area contributed by atoms with Gasteiger partial charge in [-0.1, -0.05) is 23.9 Å². The van der Waals surface area contributed by atoms with E-state index in [4.69, 9.17) is 5.26 Å². The SMILES string of the molecule is CCn1c(SCC(=O)Nc2ccccc2SCC#N)nnc1C1CC1. The van der Waals surface area contributed by atoms with E-state index in [1.54, 1.807) is 0 Å². The Morgan fingerprint density at radius 3 is 2.88 bits per heavy atom. The quantitative estimate of drug-likeness (QED) is 0.713. The van der Waals surface area contributed by atoms with Crippen LogP contribution in [0.4, 0.5) is 5.69 Å². The van der Waals surface area contributed by atoms with Gasteiger partial charge in [-0.15, -0.1) is 22.0 Å². The van der Waals surface area contributed by atoms with Gasteiger partial charge in [0.1, 0.15) is 5.82 Å². The van der Waals surface area contributed by atoms with Crippen molar-refractivity contribution in [1.29, 1.82) is 5.26 Å². The molecule has 130 valence electrons. The van der Waals surface area contributed by atoms with Crippen molar-refractivity contribution in [3.8, 4) is 6.07 Å². The van der Waals surface area contributed by atoms with E-state index in [2.05, 4.69) is 33.1 Å². The second kappa shape index (κ2) is 8.41. The van der Waals surface area contributed by atoms with E-state index in [1.165, 1.54) is 36.4 Å². The summed E-state index contributed by atoms with van der Waals surface area (Å²) in [5, 5.41) is 21.0. The molecule has 0 saturated heterocycles. The zero-order valence-electron chi connectivity index (χ0n) is 13.9. The summed E-state index contributed by atoms with van der Waals surface area (Å²) in [5.74, 6) is 2.13. The number of amides is 1. The molecule has 1 fully saturated rings. The normalized spacial score (nSPS) is 13.4. The number of aromatic nitrogens is 3. The third-order valence-electron chi connectivity index (χ3n) is 3.79. The molecule has 25 heavy (non-hydrogen) atoms. The molecular weight excluding hydrogens is 354 g/mol. The Bertz CT molecular complexity index is 795. The van der Waals surface area contributed by atoms with Gasteiger partial charge < -0.3 is 9.88 Å². The fourth-order valence-electron chi connectivity index (χ4n) is 2.47. The first-order chi connectivity index (χ1) is 12.2. The minimum atomic E-state index is -0.0892. The first-order valence-electron chi connectivity index (χ1n) is 8.17. The number of carbonyl (C=O) groups excluding carboxylic acids is 1. The van der Waals surface area contributed by atoms with Crippen LogP contribution in [0.3, 0.4) is 0 Å². The number of thioether (sulfide) groups is 2. The molecule has 0 bridgehead atoms. The van der Waals surface area contributed by atoms with E-state index >= 15 is 0 Å². The van der Waals surface area contributed by atoms with Crippen molar-refractivity contribution in [2.75, 3.05) is 16.8 Å². The van der Waals surface area contributed by atoms with Gasteiger partial charge in [0.2, 0.25) is 5.91 Å². The van der Waals surface area contributed by atoms with E-state index in [0.717, 1.165) is 28.1 Å². The molecule has 6 nitrogen and oxygen atoms in total. The second-order valence-corrected chi connectivity index (χ2v) is 7.60. The first-order valence-corrected chi connectivity index (χ1v) is 10.1. The zero-order chi connectivity index (χ0) is 17.6. The number of hydrogen-bond donors (Lipinski definition) is 1.